The van der Waals surface area contributed by atoms with Gasteiger partial charge in [-0.25, -0.2) is 4.98 Å². The van der Waals surface area contributed by atoms with E-state index in [0.717, 1.165) is 41.7 Å². The van der Waals surface area contributed by atoms with Gasteiger partial charge in [-0.3, -0.25) is 0 Å². The second-order valence-corrected chi connectivity index (χ2v) is 7.46. The first-order valence-electron chi connectivity index (χ1n) is 10.5. The lowest BCUT2D eigenvalue weighted by atomic mass is 10.0. The van der Waals surface area contributed by atoms with Crippen molar-refractivity contribution in [1.29, 1.82) is 0 Å². The smallest absolute Gasteiger partial charge is 0.121 e. The van der Waals surface area contributed by atoms with Crippen LogP contribution in [0.4, 0.5) is 5.69 Å². The molecule has 0 spiro atoms. The Kier molecular flexibility index (Phi) is 7.10. The number of hydrogen-bond acceptors (Lipinski definition) is 4. The zero-order chi connectivity index (χ0) is 19.9. The van der Waals surface area contributed by atoms with E-state index in [2.05, 4.69) is 55.3 Å². The molecule has 0 amide bonds. The summed E-state index contributed by atoms with van der Waals surface area (Å²) in [6, 6.07) is 12.6. The first-order valence-corrected chi connectivity index (χ1v) is 10.5. The van der Waals surface area contributed by atoms with E-state index >= 15 is 0 Å². The highest BCUT2D eigenvalue weighted by Gasteiger charge is 2.11. The fourth-order valence-corrected chi connectivity index (χ4v) is 3.89. The maximum atomic E-state index is 5.41. The van der Waals surface area contributed by atoms with Crippen LogP contribution in [0.2, 0.25) is 0 Å². The molecule has 0 aliphatic carbocycles. The first-order chi connectivity index (χ1) is 13.7. The lowest BCUT2D eigenvalue weighted by Crippen LogP contribution is -2.27. The quantitative estimate of drug-likeness (QED) is 0.366. The van der Waals surface area contributed by atoms with Gasteiger partial charge in [0.25, 0.3) is 0 Å². The Morgan fingerprint density at radius 1 is 1.00 bits per heavy atom. The number of aryl methyl sites for hydroxylation is 1. The Hall–Kier alpha value is -2.33. The minimum absolute atomic E-state index is 0.841. The summed E-state index contributed by atoms with van der Waals surface area (Å²) < 4.78 is 5.41. The fourth-order valence-electron chi connectivity index (χ4n) is 3.89. The largest absolute Gasteiger partial charge is 0.497 e. The number of rotatable bonds is 10. The van der Waals surface area contributed by atoms with Gasteiger partial charge in [-0.2, -0.15) is 0 Å². The van der Waals surface area contributed by atoms with E-state index in [1.54, 1.807) is 7.11 Å². The summed E-state index contributed by atoms with van der Waals surface area (Å²) in [6.45, 7) is 11.1. The summed E-state index contributed by atoms with van der Waals surface area (Å²) in [5.74, 6) is 0.841. The minimum atomic E-state index is 0.841. The van der Waals surface area contributed by atoms with Gasteiger partial charge in [0.2, 0.25) is 0 Å². The molecule has 1 heterocycles. The van der Waals surface area contributed by atoms with Crippen LogP contribution in [0.3, 0.4) is 0 Å². The summed E-state index contributed by atoms with van der Waals surface area (Å²) >= 11 is 0. The number of pyridine rings is 1. The predicted molar refractivity (Wildman–Crippen MR) is 121 cm³/mol. The number of nitrogens with one attached hydrogen (secondary N) is 1. The molecule has 0 atom stereocenters. The molecular weight excluding hydrogens is 346 g/mol. The third-order valence-electron chi connectivity index (χ3n) is 5.25. The fraction of sp³-hybridized carbons (Fsp3) is 0.458. The molecule has 4 nitrogen and oxygen atoms in total. The molecule has 0 bridgehead atoms. The number of aromatic nitrogens is 1. The summed E-state index contributed by atoms with van der Waals surface area (Å²) in [5, 5.41) is 6.07. The van der Waals surface area contributed by atoms with Crippen molar-refractivity contribution in [2.45, 2.75) is 40.0 Å². The van der Waals surface area contributed by atoms with Crippen molar-refractivity contribution in [3.8, 4) is 5.75 Å². The Labute approximate surface area is 168 Å². The third-order valence-corrected chi connectivity index (χ3v) is 5.25. The molecule has 0 unspecified atom stereocenters. The zero-order valence-corrected chi connectivity index (χ0v) is 17.7. The van der Waals surface area contributed by atoms with E-state index in [-0.39, 0.29) is 0 Å². The SMILES string of the molecule is CCCN(CCC)CCCNc1c2ccc(OC)cc2nc2c(C)cccc12. The average molecular weight is 380 g/mol. The molecule has 4 heteroatoms. The molecular formula is C24H33N3O. The number of benzene rings is 2. The molecule has 28 heavy (non-hydrogen) atoms. The van der Waals surface area contributed by atoms with Gasteiger partial charge in [0.05, 0.1) is 23.8 Å². The molecule has 3 rings (SSSR count). The van der Waals surface area contributed by atoms with Crippen LogP contribution in [0.25, 0.3) is 21.8 Å². The van der Waals surface area contributed by atoms with Crippen LogP contribution < -0.4 is 10.1 Å². The lowest BCUT2D eigenvalue weighted by molar-refractivity contribution is 0.274. The molecule has 1 N–H and O–H groups in total. The van der Waals surface area contributed by atoms with E-state index in [1.807, 2.05) is 12.1 Å². The molecule has 0 saturated heterocycles. The number of methoxy groups -OCH3 is 1. The van der Waals surface area contributed by atoms with Gasteiger partial charge in [-0.1, -0.05) is 32.0 Å². The van der Waals surface area contributed by atoms with Gasteiger partial charge in [0.15, 0.2) is 0 Å². The topological polar surface area (TPSA) is 37.4 Å². The number of para-hydroxylation sites is 1. The summed E-state index contributed by atoms with van der Waals surface area (Å²) in [7, 11) is 1.70. The second-order valence-electron chi connectivity index (χ2n) is 7.46. The molecule has 0 aliphatic heterocycles. The van der Waals surface area contributed by atoms with Gasteiger partial charge < -0.3 is 15.0 Å². The van der Waals surface area contributed by atoms with Crippen molar-refractivity contribution in [3.05, 3.63) is 42.0 Å². The van der Waals surface area contributed by atoms with E-state index in [0.29, 0.717) is 0 Å². The van der Waals surface area contributed by atoms with Crippen LogP contribution in [-0.4, -0.2) is 43.2 Å². The Bertz CT molecular complexity index is 917. The van der Waals surface area contributed by atoms with Gasteiger partial charge in [0.1, 0.15) is 5.75 Å². The van der Waals surface area contributed by atoms with Gasteiger partial charge in [0, 0.05) is 23.4 Å². The van der Waals surface area contributed by atoms with Crippen LogP contribution >= 0.6 is 0 Å². The molecule has 0 radical (unpaired) electrons. The lowest BCUT2D eigenvalue weighted by Gasteiger charge is -2.21. The van der Waals surface area contributed by atoms with Crippen LogP contribution in [-0.2, 0) is 0 Å². The Balaban J connectivity index is 1.86. The van der Waals surface area contributed by atoms with Crippen molar-refractivity contribution >= 4 is 27.5 Å². The number of anilines is 1. The van der Waals surface area contributed by atoms with Crippen LogP contribution in [0.5, 0.6) is 5.75 Å². The minimum Gasteiger partial charge on any atom is -0.497 e. The zero-order valence-electron chi connectivity index (χ0n) is 17.7. The molecule has 2 aromatic carbocycles. The van der Waals surface area contributed by atoms with E-state index in [4.69, 9.17) is 9.72 Å². The van der Waals surface area contributed by atoms with Crippen LogP contribution in [0.1, 0.15) is 38.7 Å². The van der Waals surface area contributed by atoms with Crippen molar-refractivity contribution in [1.82, 2.24) is 9.88 Å². The monoisotopic (exact) mass is 379 g/mol. The normalized spacial score (nSPS) is 11.5. The molecule has 0 fully saturated rings. The van der Waals surface area contributed by atoms with Gasteiger partial charge >= 0.3 is 0 Å². The summed E-state index contributed by atoms with van der Waals surface area (Å²) in [5.41, 5.74) is 4.41. The van der Waals surface area contributed by atoms with Crippen molar-refractivity contribution in [3.63, 3.8) is 0 Å². The molecule has 0 aliphatic rings. The van der Waals surface area contributed by atoms with Gasteiger partial charge in [-0.15, -0.1) is 0 Å². The number of hydrogen-bond donors (Lipinski definition) is 1. The highest BCUT2D eigenvalue weighted by atomic mass is 16.5. The maximum absolute atomic E-state index is 5.41. The first kappa shape index (κ1) is 20.4. The molecule has 3 aromatic rings. The van der Waals surface area contributed by atoms with Crippen LogP contribution in [0, 0.1) is 6.92 Å². The van der Waals surface area contributed by atoms with Crippen LogP contribution in [0.15, 0.2) is 36.4 Å². The third kappa shape index (κ3) is 4.56. The van der Waals surface area contributed by atoms with Crippen molar-refractivity contribution in [2.75, 3.05) is 38.6 Å². The highest BCUT2D eigenvalue weighted by molar-refractivity contribution is 6.08. The number of fused-ring (bicyclic) bond motifs is 2. The maximum Gasteiger partial charge on any atom is 0.121 e. The Morgan fingerprint density at radius 3 is 2.50 bits per heavy atom. The molecule has 1 aromatic heterocycles. The van der Waals surface area contributed by atoms with Crippen molar-refractivity contribution < 1.29 is 4.74 Å². The van der Waals surface area contributed by atoms with E-state index in [1.165, 1.54) is 42.6 Å². The van der Waals surface area contributed by atoms with E-state index in [9.17, 15) is 0 Å². The standard InChI is InChI=1S/C24H33N3O/c1-5-14-27(15-6-2)16-8-13-25-24-20-12-11-19(28-4)17-22(20)26-23-18(3)9-7-10-21(23)24/h7,9-12,17H,5-6,8,13-16H2,1-4H3,(H,25,26). The molecule has 150 valence electrons. The number of nitrogens with zero attached hydrogens (tertiary/aromatic N) is 2. The summed E-state index contributed by atoms with van der Waals surface area (Å²) in [6.07, 6.45) is 3.57. The average Bonchev–Trinajstić information content (AvgIpc) is 2.71. The predicted octanol–water partition coefficient (Wildman–Crippen LogP) is 5.63. The Morgan fingerprint density at radius 2 is 1.79 bits per heavy atom. The highest BCUT2D eigenvalue weighted by Crippen LogP contribution is 2.33. The van der Waals surface area contributed by atoms with Gasteiger partial charge in [-0.05, 0) is 63.5 Å². The van der Waals surface area contributed by atoms with E-state index < -0.39 is 0 Å². The van der Waals surface area contributed by atoms with Crippen molar-refractivity contribution in [2.24, 2.45) is 0 Å². The second kappa shape index (κ2) is 9.74. The summed E-state index contributed by atoms with van der Waals surface area (Å²) in [4.78, 5) is 7.49. The number of ether oxygens (including phenoxy) is 1. The molecule has 0 saturated carbocycles.